The minimum absolute atomic E-state index is 0.0197. The molecule has 28 heavy (non-hydrogen) atoms. The number of alkyl halides is 2. The van der Waals surface area contributed by atoms with Crippen LogP contribution in [0.3, 0.4) is 0 Å². The lowest BCUT2D eigenvalue weighted by Gasteiger charge is -2.36. The van der Waals surface area contributed by atoms with E-state index in [0.29, 0.717) is 12.8 Å². The lowest BCUT2D eigenvalue weighted by Crippen LogP contribution is -2.49. The maximum atomic E-state index is 13.5. The molecule has 3 aliphatic rings. The topological polar surface area (TPSA) is 36.8 Å². The molecule has 0 N–H and O–H groups in total. The summed E-state index contributed by atoms with van der Waals surface area (Å²) >= 11 is 0. The SMILES string of the molecule is Cc1cc(N2CCN(CCN3CCOCC3)CC2)nn1C1CCC(F)(F)CC1. The fourth-order valence-electron chi connectivity index (χ4n) is 4.57. The van der Waals surface area contributed by atoms with Crippen LogP contribution in [0.1, 0.15) is 37.4 Å². The van der Waals surface area contributed by atoms with Crippen LogP contribution in [0.2, 0.25) is 0 Å². The first kappa shape index (κ1) is 20.0. The van der Waals surface area contributed by atoms with Gasteiger partial charge >= 0.3 is 0 Å². The van der Waals surface area contributed by atoms with Gasteiger partial charge in [0.25, 0.3) is 0 Å². The van der Waals surface area contributed by atoms with Crippen molar-refractivity contribution >= 4 is 5.82 Å². The number of nitrogens with zero attached hydrogens (tertiary/aromatic N) is 5. The van der Waals surface area contributed by atoms with Gasteiger partial charge in [-0.3, -0.25) is 14.5 Å². The van der Waals surface area contributed by atoms with E-state index in [4.69, 9.17) is 9.84 Å². The number of ether oxygens (including phenoxy) is 1. The first-order chi connectivity index (χ1) is 13.5. The fourth-order valence-corrected chi connectivity index (χ4v) is 4.57. The maximum Gasteiger partial charge on any atom is 0.248 e. The van der Waals surface area contributed by atoms with E-state index in [2.05, 4.69) is 20.8 Å². The third-order valence-corrected chi connectivity index (χ3v) is 6.47. The van der Waals surface area contributed by atoms with Gasteiger partial charge in [-0.05, 0) is 19.8 Å². The molecule has 0 atom stereocenters. The Morgan fingerprint density at radius 2 is 1.61 bits per heavy atom. The molecule has 2 aliphatic heterocycles. The van der Waals surface area contributed by atoms with E-state index in [1.807, 2.05) is 11.6 Å². The van der Waals surface area contributed by atoms with Gasteiger partial charge in [0.1, 0.15) is 0 Å². The second-order valence-electron chi connectivity index (χ2n) is 8.46. The van der Waals surface area contributed by atoms with Crippen molar-refractivity contribution < 1.29 is 13.5 Å². The smallest absolute Gasteiger partial charge is 0.248 e. The number of piperazine rings is 1. The van der Waals surface area contributed by atoms with Crippen LogP contribution in [0.25, 0.3) is 0 Å². The van der Waals surface area contributed by atoms with Crippen molar-refractivity contribution in [3.8, 4) is 0 Å². The van der Waals surface area contributed by atoms with E-state index in [1.54, 1.807) is 0 Å². The summed E-state index contributed by atoms with van der Waals surface area (Å²) < 4.78 is 34.3. The van der Waals surface area contributed by atoms with Gasteiger partial charge in [0.15, 0.2) is 5.82 Å². The molecule has 3 heterocycles. The van der Waals surface area contributed by atoms with Crippen molar-refractivity contribution in [2.45, 2.75) is 44.6 Å². The minimum Gasteiger partial charge on any atom is -0.379 e. The number of morpholine rings is 1. The first-order valence-electron chi connectivity index (χ1n) is 10.7. The summed E-state index contributed by atoms with van der Waals surface area (Å²) in [6, 6.07) is 2.24. The lowest BCUT2D eigenvalue weighted by atomic mass is 9.92. The molecule has 0 bridgehead atoms. The molecular formula is C20H33F2N5O. The predicted octanol–water partition coefficient (Wildman–Crippen LogP) is 2.40. The van der Waals surface area contributed by atoms with Gasteiger partial charge in [-0.25, -0.2) is 8.78 Å². The predicted molar refractivity (Wildman–Crippen MR) is 105 cm³/mol. The molecule has 1 aromatic heterocycles. The summed E-state index contributed by atoms with van der Waals surface area (Å²) in [7, 11) is 0. The molecular weight excluding hydrogens is 364 g/mol. The second-order valence-corrected chi connectivity index (χ2v) is 8.46. The zero-order chi connectivity index (χ0) is 19.6. The Kier molecular flexibility index (Phi) is 6.18. The standard InChI is InChI=1S/C20H33F2N5O/c1-17-16-19(23-27(17)18-2-4-20(21,22)5-3-18)26-10-8-24(9-11-26)6-7-25-12-14-28-15-13-25/h16,18H,2-15H2,1H3. The highest BCUT2D eigenvalue weighted by molar-refractivity contribution is 5.40. The quantitative estimate of drug-likeness (QED) is 0.763. The summed E-state index contributed by atoms with van der Waals surface area (Å²) in [5, 5.41) is 4.81. The zero-order valence-corrected chi connectivity index (χ0v) is 17.0. The van der Waals surface area contributed by atoms with Crippen molar-refractivity contribution in [3.63, 3.8) is 0 Å². The van der Waals surface area contributed by atoms with E-state index >= 15 is 0 Å². The summed E-state index contributed by atoms with van der Waals surface area (Å²) in [6.45, 7) is 12.1. The Balaban J connectivity index is 1.26. The van der Waals surface area contributed by atoms with Crippen LogP contribution in [-0.4, -0.2) is 91.1 Å². The summed E-state index contributed by atoms with van der Waals surface area (Å²) in [5.41, 5.74) is 1.08. The lowest BCUT2D eigenvalue weighted by molar-refractivity contribution is -0.0451. The van der Waals surface area contributed by atoms with Gasteiger partial charge in [0.2, 0.25) is 5.92 Å². The molecule has 0 amide bonds. The molecule has 0 unspecified atom stereocenters. The average molecular weight is 398 g/mol. The highest BCUT2D eigenvalue weighted by Gasteiger charge is 2.36. The monoisotopic (exact) mass is 397 g/mol. The van der Waals surface area contributed by atoms with Gasteiger partial charge in [0.05, 0.1) is 19.3 Å². The molecule has 2 saturated heterocycles. The Bertz CT molecular complexity index is 629. The van der Waals surface area contributed by atoms with Gasteiger partial charge in [-0.2, -0.15) is 5.10 Å². The Morgan fingerprint density at radius 3 is 2.25 bits per heavy atom. The Morgan fingerprint density at radius 1 is 1.00 bits per heavy atom. The van der Waals surface area contributed by atoms with Crippen molar-refractivity contribution in [1.29, 1.82) is 0 Å². The maximum absolute atomic E-state index is 13.5. The number of aryl methyl sites for hydroxylation is 1. The van der Waals surface area contributed by atoms with E-state index in [9.17, 15) is 8.78 Å². The van der Waals surface area contributed by atoms with Crippen molar-refractivity contribution in [2.24, 2.45) is 0 Å². The fraction of sp³-hybridized carbons (Fsp3) is 0.850. The van der Waals surface area contributed by atoms with Crippen LogP contribution in [-0.2, 0) is 4.74 Å². The van der Waals surface area contributed by atoms with Gasteiger partial charge < -0.3 is 9.64 Å². The third kappa shape index (κ3) is 4.83. The number of hydrogen-bond donors (Lipinski definition) is 0. The van der Waals surface area contributed by atoms with Crippen LogP contribution in [0.5, 0.6) is 0 Å². The highest BCUT2D eigenvalue weighted by atomic mass is 19.3. The van der Waals surface area contributed by atoms with Crippen LogP contribution < -0.4 is 4.90 Å². The van der Waals surface area contributed by atoms with Crippen LogP contribution in [0.15, 0.2) is 6.07 Å². The molecule has 1 saturated carbocycles. The molecule has 3 fully saturated rings. The summed E-state index contributed by atoms with van der Waals surface area (Å²) in [4.78, 5) is 7.35. The molecule has 0 aromatic carbocycles. The number of rotatable bonds is 5. The number of hydrogen-bond acceptors (Lipinski definition) is 5. The highest BCUT2D eigenvalue weighted by Crippen LogP contribution is 2.39. The molecule has 1 aliphatic carbocycles. The molecule has 6 nitrogen and oxygen atoms in total. The molecule has 4 rings (SSSR count). The minimum atomic E-state index is -2.49. The van der Waals surface area contributed by atoms with E-state index in [-0.39, 0.29) is 18.9 Å². The second kappa shape index (κ2) is 8.63. The van der Waals surface area contributed by atoms with Crippen LogP contribution >= 0.6 is 0 Å². The number of halogens is 2. The molecule has 8 heteroatoms. The number of aromatic nitrogens is 2. The normalized spacial score (nSPS) is 25.3. The Hall–Kier alpha value is -1.25. The van der Waals surface area contributed by atoms with Crippen molar-refractivity contribution in [1.82, 2.24) is 19.6 Å². The van der Waals surface area contributed by atoms with E-state index in [0.717, 1.165) is 77.1 Å². The average Bonchev–Trinajstić information content (AvgIpc) is 3.09. The largest absolute Gasteiger partial charge is 0.379 e. The van der Waals surface area contributed by atoms with Crippen LogP contribution in [0.4, 0.5) is 14.6 Å². The number of anilines is 1. The Labute approximate surface area is 166 Å². The molecule has 0 spiro atoms. The van der Waals surface area contributed by atoms with Crippen LogP contribution in [0, 0.1) is 6.92 Å². The van der Waals surface area contributed by atoms with E-state index in [1.165, 1.54) is 0 Å². The molecule has 1 aromatic rings. The van der Waals surface area contributed by atoms with E-state index < -0.39 is 5.92 Å². The first-order valence-corrected chi connectivity index (χ1v) is 10.7. The van der Waals surface area contributed by atoms with Crippen molar-refractivity contribution in [3.05, 3.63) is 11.8 Å². The van der Waals surface area contributed by atoms with Gasteiger partial charge in [-0.15, -0.1) is 0 Å². The van der Waals surface area contributed by atoms with Crippen molar-refractivity contribution in [2.75, 3.05) is 70.5 Å². The molecule has 0 radical (unpaired) electrons. The van der Waals surface area contributed by atoms with Gasteiger partial charge in [0, 0.05) is 77.0 Å². The zero-order valence-electron chi connectivity index (χ0n) is 17.0. The third-order valence-electron chi connectivity index (χ3n) is 6.47. The molecule has 158 valence electrons. The summed E-state index contributed by atoms with van der Waals surface area (Å²) in [5.74, 6) is -1.49. The van der Waals surface area contributed by atoms with Gasteiger partial charge in [-0.1, -0.05) is 0 Å². The summed E-state index contributed by atoms with van der Waals surface area (Å²) in [6.07, 6.45) is 0.997.